The summed E-state index contributed by atoms with van der Waals surface area (Å²) >= 11 is 0. The third-order valence-corrected chi connectivity index (χ3v) is 10.9. The Bertz CT molecular complexity index is 575. The molecule has 24 heavy (non-hydrogen) atoms. The van der Waals surface area contributed by atoms with E-state index < -0.39 is 46.9 Å². The van der Waals surface area contributed by atoms with E-state index in [1.165, 1.54) is 0 Å². The van der Waals surface area contributed by atoms with Crippen LogP contribution in [0, 0.1) is 0 Å². The fourth-order valence-electron chi connectivity index (χ4n) is 0.840. The number of rotatable bonds is 0. The van der Waals surface area contributed by atoms with Crippen molar-refractivity contribution >= 4 is 46.9 Å². The van der Waals surface area contributed by atoms with Gasteiger partial charge in [0.05, 0.1) is 0 Å². The van der Waals surface area contributed by atoms with E-state index in [9.17, 15) is 47.0 Å². The molecule has 24 heteroatoms. The first-order valence-electron chi connectivity index (χ1n) is 4.42. The van der Waals surface area contributed by atoms with Gasteiger partial charge in [0.2, 0.25) is 0 Å². The van der Waals surface area contributed by atoms with Gasteiger partial charge in [-0.3, -0.25) is 18.3 Å². The minimum Gasteiger partial charge on any atom is -0.756 e. The van der Waals surface area contributed by atoms with E-state index in [1.807, 2.05) is 0 Å². The summed E-state index contributed by atoms with van der Waals surface area (Å²) in [6.45, 7) is 0. The lowest BCUT2D eigenvalue weighted by Gasteiger charge is -2.37. The van der Waals surface area contributed by atoms with Gasteiger partial charge >= 0.3 is 15.6 Å². The summed E-state index contributed by atoms with van der Waals surface area (Å²) in [5.41, 5.74) is 0. The van der Waals surface area contributed by atoms with E-state index in [0.717, 1.165) is 0 Å². The van der Waals surface area contributed by atoms with E-state index in [2.05, 4.69) is 25.9 Å². The third kappa shape index (κ3) is 8.07. The lowest BCUT2D eigenvalue weighted by atomic mass is 15.7. The second kappa shape index (κ2) is 6.81. The highest BCUT2D eigenvalue weighted by Gasteiger charge is 2.44. The van der Waals surface area contributed by atoms with Crippen molar-refractivity contribution in [2.75, 3.05) is 0 Å². The Hall–Kier alpha value is 0.900. The van der Waals surface area contributed by atoms with E-state index in [4.69, 9.17) is 9.79 Å². The van der Waals surface area contributed by atoms with Crippen LogP contribution in [0.4, 0.5) is 0 Å². The van der Waals surface area contributed by atoms with Crippen molar-refractivity contribution in [2.45, 2.75) is 0 Å². The molecule has 0 bridgehead atoms. The average molecular weight is 476 g/mol. The van der Waals surface area contributed by atoms with Crippen molar-refractivity contribution in [2.24, 2.45) is 0 Å². The number of phosphoric acid groups is 6. The molecule has 2 N–H and O–H groups in total. The van der Waals surface area contributed by atoms with Crippen LogP contribution in [0.5, 0.6) is 0 Å². The second-order valence-corrected chi connectivity index (χ2v) is 12.6. The van der Waals surface area contributed by atoms with Gasteiger partial charge < -0.3 is 29.4 Å². The molecule has 0 aliphatic carbocycles. The minimum absolute atomic E-state index is 2.97. The van der Waals surface area contributed by atoms with Crippen molar-refractivity contribution < 1.29 is 82.6 Å². The van der Waals surface area contributed by atoms with Crippen LogP contribution in [-0.2, 0) is 53.3 Å². The topological polar surface area (TPSA) is 290 Å². The largest absolute Gasteiger partial charge is 0.756 e. The van der Waals surface area contributed by atoms with Crippen molar-refractivity contribution in [1.82, 2.24) is 0 Å². The van der Waals surface area contributed by atoms with E-state index >= 15 is 0 Å². The first-order valence-corrected chi connectivity index (χ1v) is 13.2. The quantitative estimate of drug-likeness (QED) is 0.363. The third-order valence-electron chi connectivity index (χ3n) is 1.21. The summed E-state index contributed by atoms with van der Waals surface area (Å²) in [6.07, 6.45) is 0. The van der Waals surface area contributed by atoms with Gasteiger partial charge in [-0.15, -0.1) is 0 Å². The van der Waals surface area contributed by atoms with Crippen molar-refractivity contribution in [3.05, 3.63) is 0 Å². The highest BCUT2D eigenvalue weighted by Crippen LogP contribution is 2.76. The molecule has 6 atom stereocenters. The fraction of sp³-hybridized carbons (Fsp3) is 0. The summed E-state index contributed by atoms with van der Waals surface area (Å²) in [5.74, 6) is 0. The first kappa shape index (κ1) is 22.9. The molecule has 1 saturated heterocycles. The van der Waals surface area contributed by atoms with Crippen LogP contribution in [0.2, 0.25) is 0 Å². The van der Waals surface area contributed by atoms with Gasteiger partial charge in [0.15, 0.2) is 0 Å². The Labute approximate surface area is 130 Å². The molecule has 0 aromatic rings. The maximum Gasteiger partial charge on any atom is 0.487 e. The molecule has 0 aromatic carbocycles. The molecule has 0 saturated carbocycles. The van der Waals surface area contributed by atoms with Gasteiger partial charge in [-0.05, 0) is 0 Å². The van der Waals surface area contributed by atoms with Gasteiger partial charge in [-0.2, -0.15) is 4.31 Å². The fourth-order valence-corrected chi connectivity index (χ4v) is 9.17. The Morgan fingerprint density at radius 1 is 0.458 bits per heavy atom. The standard InChI is InChI=1S/H6O18P6/c1-19(2)13-20(3,4)15-22(7,8)17-24(11,12)18-23(9,10)16-21(5,6)14-19/h(H,1,2)(H,3,4)(H,5,6)(H,7,8)(H,9,10)(H,11,12)/p-4. The molecule has 1 aliphatic heterocycles. The van der Waals surface area contributed by atoms with Crippen LogP contribution in [-0.4, -0.2) is 9.79 Å². The molecule has 144 valence electrons. The van der Waals surface area contributed by atoms with Gasteiger partial charge in [0.1, 0.15) is 0 Å². The maximum absolute atomic E-state index is 11.1. The van der Waals surface area contributed by atoms with Crippen LogP contribution in [0.1, 0.15) is 0 Å². The Morgan fingerprint density at radius 3 is 0.917 bits per heavy atom. The SMILES string of the molecule is O=P1([O-])OP(=O)([O-])OP(=O)([O-])OP(=O)(O)OP(=O)(O)OP(=O)([O-])O1. The zero-order valence-corrected chi connectivity index (χ0v) is 15.5. The van der Waals surface area contributed by atoms with Crippen LogP contribution in [0.25, 0.3) is 0 Å². The first-order chi connectivity index (χ1) is 10.2. The van der Waals surface area contributed by atoms with E-state index in [0.29, 0.717) is 0 Å². The molecule has 0 aromatic heterocycles. The van der Waals surface area contributed by atoms with Crippen LogP contribution < -0.4 is 19.6 Å². The van der Waals surface area contributed by atoms with Gasteiger partial charge in [0, 0.05) is 0 Å². The molecule has 0 spiro atoms. The highest BCUT2D eigenvalue weighted by molar-refractivity contribution is 7.74. The predicted molar refractivity (Wildman–Crippen MR) is 56.6 cm³/mol. The Morgan fingerprint density at radius 2 is 0.667 bits per heavy atom. The lowest BCUT2D eigenvalue weighted by Crippen LogP contribution is -2.18. The van der Waals surface area contributed by atoms with Crippen molar-refractivity contribution in [1.29, 1.82) is 0 Å². The van der Waals surface area contributed by atoms with Gasteiger partial charge in [-0.1, -0.05) is 0 Å². The molecule has 1 rings (SSSR count). The second-order valence-electron chi connectivity index (χ2n) is 3.22. The Kier molecular flexibility index (Phi) is 6.51. The molecule has 1 fully saturated rings. The normalized spacial score (nSPS) is 55.2. The molecule has 1 aliphatic rings. The Balaban J connectivity index is 3.40. The highest BCUT2D eigenvalue weighted by atomic mass is 31.3. The van der Waals surface area contributed by atoms with Crippen LogP contribution >= 0.6 is 46.9 Å². The zero-order chi connectivity index (χ0) is 19.2. The van der Waals surface area contributed by atoms with Gasteiger partial charge in [0.25, 0.3) is 31.3 Å². The van der Waals surface area contributed by atoms with Crippen molar-refractivity contribution in [3.63, 3.8) is 0 Å². The summed E-state index contributed by atoms with van der Waals surface area (Å²) < 4.78 is 84.6. The molecule has 0 radical (unpaired) electrons. The van der Waals surface area contributed by atoms with Crippen LogP contribution in [0.15, 0.2) is 0 Å². The summed E-state index contributed by atoms with van der Waals surface area (Å²) in [4.78, 5) is 61.7. The summed E-state index contributed by atoms with van der Waals surface area (Å²) in [5, 5.41) is 0. The molecule has 1 heterocycles. The molecule has 18 nitrogen and oxygen atoms in total. The minimum atomic E-state index is -6.51. The van der Waals surface area contributed by atoms with Crippen molar-refractivity contribution in [3.8, 4) is 0 Å². The summed E-state index contributed by atoms with van der Waals surface area (Å²) in [6, 6.07) is 0. The van der Waals surface area contributed by atoms with E-state index in [-0.39, 0.29) is 0 Å². The molecule has 6 unspecified atom stereocenters. The summed E-state index contributed by atoms with van der Waals surface area (Å²) in [7, 11) is -38.4. The monoisotopic (exact) mass is 476 g/mol. The molecule has 0 amide bonds. The maximum atomic E-state index is 11.1. The zero-order valence-electron chi connectivity index (χ0n) is 10.1. The molecular weight excluding hydrogens is 474 g/mol. The smallest absolute Gasteiger partial charge is 0.487 e. The lowest BCUT2D eigenvalue weighted by molar-refractivity contribution is -0.251. The number of hydrogen-bond acceptors (Lipinski definition) is 16. The van der Waals surface area contributed by atoms with Crippen LogP contribution in [0.3, 0.4) is 0 Å². The van der Waals surface area contributed by atoms with E-state index in [1.54, 1.807) is 0 Å². The number of hydrogen-bond donors (Lipinski definition) is 2. The van der Waals surface area contributed by atoms with Gasteiger partial charge in [-0.25, -0.2) is 30.7 Å². The molecular formula is H2O18P6-4. The average Bonchev–Trinajstić information content (AvgIpc) is 1.98. The predicted octanol–water partition coefficient (Wildman–Crippen LogP) is -1.83.